The van der Waals surface area contributed by atoms with Gasteiger partial charge in [0.15, 0.2) is 15.9 Å². The highest BCUT2D eigenvalue weighted by atomic mass is 35.5. The molecule has 0 spiro atoms. The summed E-state index contributed by atoms with van der Waals surface area (Å²) in [7, 11) is 1.90. The van der Waals surface area contributed by atoms with Gasteiger partial charge in [0, 0.05) is 28.0 Å². The average Bonchev–Trinajstić information content (AvgIpc) is 3.54. The Morgan fingerprint density at radius 3 is 2.34 bits per heavy atom. The number of alkyl halides is 1. The Hall–Kier alpha value is -2.95. The van der Waals surface area contributed by atoms with E-state index < -0.39 is 4.87 Å². The molecule has 0 radical (unpaired) electrons. The molecule has 3 aromatic heterocycles. The van der Waals surface area contributed by atoms with Crippen LogP contribution in [0.15, 0.2) is 71.9 Å². The second kappa shape index (κ2) is 10.3. The second-order valence-electron chi connectivity index (χ2n) is 8.33. The summed E-state index contributed by atoms with van der Waals surface area (Å²) < 4.78 is 3.50. The van der Waals surface area contributed by atoms with E-state index >= 15 is 0 Å². The van der Waals surface area contributed by atoms with E-state index in [2.05, 4.69) is 25.7 Å². The minimum absolute atomic E-state index is 0. The van der Waals surface area contributed by atoms with E-state index in [0.717, 1.165) is 32.7 Å². The number of nitrogens with zero attached hydrogens (tertiary/aromatic N) is 8. The van der Waals surface area contributed by atoms with Crippen molar-refractivity contribution in [2.24, 2.45) is 7.05 Å². The lowest BCUT2D eigenvalue weighted by Crippen LogP contribution is -2.26. The SMILES string of the molecule is CSc1nnc(C(Cl)(c2ccc(Cl)cc2)c2ccc3c(c2)c(-c2cccc(Cl)c2)nc2nnnn23)n1C.Cl. The van der Waals surface area contributed by atoms with Crippen LogP contribution in [0.3, 0.4) is 0 Å². The van der Waals surface area contributed by atoms with Gasteiger partial charge in [-0.2, -0.15) is 4.52 Å². The molecule has 8 nitrogen and oxygen atoms in total. The number of aromatic nitrogens is 8. The number of hydrogen-bond donors (Lipinski definition) is 0. The first kappa shape index (κ1) is 26.6. The summed E-state index contributed by atoms with van der Waals surface area (Å²) >= 11 is 21.6. The molecule has 0 amide bonds. The molecule has 0 bridgehead atoms. The summed E-state index contributed by atoms with van der Waals surface area (Å²) in [6.45, 7) is 0. The van der Waals surface area contributed by atoms with Crippen molar-refractivity contribution in [1.82, 2.24) is 39.8 Å². The van der Waals surface area contributed by atoms with E-state index in [0.29, 0.717) is 27.3 Å². The van der Waals surface area contributed by atoms with Gasteiger partial charge < -0.3 is 4.57 Å². The van der Waals surface area contributed by atoms with Gasteiger partial charge in [0.1, 0.15) is 0 Å². The van der Waals surface area contributed by atoms with Crippen LogP contribution in [0.2, 0.25) is 10.0 Å². The molecule has 13 heteroatoms. The Morgan fingerprint density at radius 2 is 1.63 bits per heavy atom. The van der Waals surface area contributed by atoms with Gasteiger partial charge in [-0.3, -0.25) is 0 Å². The summed E-state index contributed by atoms with van der Waals surface area (Å²) in [5.74, 6) is 0.948. The van der Waals surface area contributed by atoms with Crippen LogP contribution in [0.4, 0.5) is 0 Å². The maximum atomic E-state index is 7.60. The van der Waals surface area contributed by atoms with Crippen LogP contribution in [0.25, 0.3) is 27.9 Å². The zero-order valence-corrected chi connectivity index (χ0v) is 23.8. The molecule has 3 heterocycles. The topological polar surface area (TPSA) is 86.7 Å². The number of fused-ring (bicyclic) bond motifs is 3. The first-order valence-electron chi connectivity index (χ1n) is 11.1. The van der Waals surface area contributed by atoms with E-state index in [1.54, 1.807) is 4.52 Å². The minimum Gasteiger partial charge on any atom is -0.307 e. The van der Waals surface area contributed by atoms with Crippen molar-refractivity contribution in [1.29, 1.82) is 0 Å². The molecular formula is C25H18Cl4N8S. The van der Waals surface area contributed by atoms with Crippen molar-refractivity contribution in [2.75, 3.05) is 6.26 Å². The highest BCUT2D eigenvalue weighted by Crippen LogP contribution is 2.44. The standard InChI is InChI=1S/C25H17Cl3N8S.ClH/c1-35-22(30-32-24(35)37-2)25(28,15-6-9-17(26)10-7-15)16-8-11-20-19(13-16)21(14-4-3-5-18(27)12-14)29-23-31-33-34-36(20)23;/h3-13H,1-2H3;1H. The van der Waals surface area contributed by atoms with Gasteiger partial charge in [-0.1, -0.05) is 82.0 Å². The molecular weight excluding hydrogens is 586 g/mol. The molecule has 1 atom stereocenters. The lowest BCUT2D eigenvalue weighted by atomic mass is 9.88. The van der Waals surface area contributed by atoms with Crippen LogP contribution in [0.1, 0.15) is 17.0 Å². The number of rotatable bonds is 5. The summed E-state index contributed by atoms with van der Waals surface area (Å²) in [5, 5.41) is 23.6. The largest absolute Gasteiger partial charge is 0.307 e. The third-order valence-electron chi connectivity index (χ3n) is 6.21. The predicted molar refractivity (Wildman–Crippen MR) is 154 cm³/mol. The van der Waals surface area contributed by atoms with Gasteiger partial charge in [0.2, 0.25) is 0 Å². The van der Waals surface area contributed by atoms with E-state index in [9.17, 15) is 0 Å². The van der Waals surface area contributed by atoms with E-state index in [4.69, 9.17) is 39.8 Å². The van der Waals surface area contributed by atoms with Crippen LogP contribution < -0.4 is 0 Å². The monoisotopic (exact) mass is 602 g/mol. The number of thioether (sulfide) groups is 1. The van der Waals surface area contributed by atoms with Crippen LogP contribution in [0, 0.1) is 0 Å². The molecule has 38 heavy (non-hydrogen) atoms. The number of benzene rings is 3. The molecule has 6 aromatic rings. The van der Waals surface area contributed by atoms with Crippen LogP contribution in [-0.4, -0.2) is 46.0 Å². The number of hydrogen-bond acceptors (Lipinski definition) is 7. The highest BCUT2D eigenvalue weighted by Gasteiger charge is 2.40. The lowest BCUT2D eigenvalue weighted by Gasteiger charge is -2.28. The first-order chi connectivity index (χ1) is 17.9. The van der Waals surface area contributed by atoms with Crippen molar-refractivity contribution < 1.29 is 0 Å². The third kappa shape index (κ3) is 4.28. The van der Waals surface area contributed by atoms with Crippen LogP contribution in [0.5, 0.6) is 0 Å². The Morgan fingerprint density at radius 1 is 0.868 bits per heavy atom. The Bertz CT molecular complexity index is 1790. The Balaban J connectivity index is 0.00000294. The Labute approximate surface area is 242 Å². The van der Waals surface area contributed by atoms with Gasteiger partial charge in [-0.05, 0) is 64.2 Å². The summed E-state index contributed by atoms with van der Waals surface area (Å²) in [4.78, 5) is 3.58. The van der Waals surface area contributed by atoms with Gasteiger partial charge >= 0.3 is 0 Å². The normalized spacial score (nSPS) is 13.0. The maximum absolute atomic E-state index is 7.60. The molecule has 0 saturated carbocycles. The fraction of sp³-hybridized carbons (Fsp3) is 0.120. The van der Waals surface area contributed by atoms with Crippen molar-refractivity contribution in [2.45, 2.75) is 10.0 Å². The molecule has 6 rings (SSSR count). The summed E-state index contributed by atoms with van der Waals surface area (Å²) in [5.41, 5.74) is 3.84. The van der Waals surface area contributed by atoms with Crippen molar-refractivity contribution in [3.05, 3.63) is 93.7 Å². The zero-order chi connectivity index (χ0) is 25.7. The van der Waals surface area contributed by atoms with Crippen LogP contribution in [-0.2, 0) is 11.9 Å². The molecule has 0 fully saturated rings. The van der Waals surface area contributed by atoms with E-state index in [-0.39, 0.29) is 12.4 Å². The maximum Gasteiger partial charge on any atom is 0.274 e. The van der Waals surface area contributed by atoms with Gasteiger partial charge in [0.05, 0.1) is 11.2 Å². The predicted octanol–water partition coefficient (Wildman–Crippen LogP) is 6.45. The fourth-order valence-electron chi connectivity index (χ4n) is 4.45. The van der Waals surface area contributed by atoms with Crippen molar-refractivity contribution in [3.63, 3.8) is 0 Å². The lowest BCUT2D eigenvalue weighted by molar-refractivity contribution is 0.684. The summed E-state index contributed by atoms with van der Waals surface area (Å²) in [6.07, 6.45) is 1.95. The molecule has 0 aliphatic rings. The molecule has 3 aromatic carbocycles. The van der Waals surface area contributed by atoms with Gasteiger partial charge in [-0.25, -0.2) is 4.98 Å². The second-order valence-corrected chi connectivity index (χ2v) is 10.5. The molecule has 0 aliphatic heterocycles. The molecule has 192 valence electrons. The number of halogens is 4. The first-order valence-corrected chi connectivity index (χ1v) is 13.4. The van der Waals surface area contributed by atoms with Gasteiger partial charge in [-0.15, -0.1) is 22.6 Å². The molecule has 1 unspecified atom stereocenters. The van der Waals surface area contributed by atoms with E-state index in [1.165, 1.54) is 11.8 Å². The fourth-order valence-corrected chi connectivity index (χ4v) is 5.65. The molecule has 0 aliphatic carbocycles. The van der Waals surface area contributed by atoms with E-state index in [1.807, 2.05) is 84.6 Å². The summed E-state index contributed by atoms with van der Waals surface area (Å²) in [6, 6.07) is 20.8. The molecule has 0 saturated heterocycles. The minimum atomic E-state index is -1.18. The van der Waals surface area contributed by atoms with Crippen molar-refractivity contribution in [3.8, 4) is 11.3 Å². The van der Waals surface area contributed by atoms with Gasteiger partial charge in [0.25, 0.3) is 5.78 Å². The Kier molecular flexibility index (Phi) is 7.23. The third-order valence-corrected chi connectivity index (χ3v) is 8.02. The van der Waals surface area contributed by atoms with Crippen molar-refractivity contribution >= 4 is 75.7 Å². The number of tetrazole rings is 1. The van der Waals surface area contributed by atoms with Crippen LogP contribution >= 0.6 is 59.0 Å². The molecule has 0 N–H and O–H groups in total. The quantitative estimate of drug-likeness (QED) is 0.165. The highest BCUT2D eigenvalue weighted by molar-refractivity contribution is 7.98. The smallest absolute Gasteiger partial charge is 0.274 e. The average molecular weight is 604 g/mol. The zero-order valence-electron chi connectivity index (χ0n) is 19.9.